The maximum Gasteiger partial charge on any atom is 0.328 e. The lowest BCUT2D eigenvalue weighted by molar-refractivity contribution is -0.307. The van der Waals surface area contributed by atoms with Crippen LogP contribution < -0.4 is 16.4 Å². The van der Waals surface area contributed by atoms with Gasteiger partial charge in [0.25, 0.3) is 5.56 Å². The van der Waals surface area contributed by atoms with Crippen molar-refractivity contribution in [3.05, 3.63) is 26.4 Å². The number of nitrogens with zero attached hydrogens (tertiary/aromatic N) is 1. The fraction of sp³-hybridized carbons (Fsp3) is 0.400. The van der Waals surface area contributed by atoms with Crippen molar-refractivity contribution in [1.82, 2.24) is 9.97 Å². The van der Waals surface area contributed by atoms with Gasteiger partial charge in [-0.05, 0) is 18.4 Å². The number of hydrogen-bond acceptors (Lipinski definition) is 7. The van der Waals surface area contributed by atoms with Gasteiger partial charge < -0.3 is 15.0 Å². The molecule has 0 saturated carbocycles. The maximum absolute atomic E-state index is 11.4. The Balaban J connectivity index is 2.99. The fourth-order valence-electron chi connectivity index (χ4n) is 1.25. The van der Waals surface area contributed by atoms with Crippen molar-refractivity contribution in [2.75, 3.05) is 12.0 Å². The number of thioether (sulfide) groups is 1. The van der Waals surface area contributed by atoms with E-state index in [0.717, 1.165) is 6.21 Å². The highest BCUT2D eigenvalue weighted by atomic mass is 32.2. The molecule has 0 aliphatic carbocycles. The Morgan fingerprint density at radius 1 is 1.53 bits per heavy atom. The molecule has 0 unspecified atom stereocenters. The van der Waals surface area contributed by atoms with Crippen molar-refractivity contribution in [2.24, 2.45) is 4.99 Å². The topological polar surface area (TPSA) is 138 Å². The summed E-state index contributed by atoms with van der Waals surface area (Å²) in [6.45, 7) is 0. The third-order valence-corrected chi connectivity index (χ3v) is 2.85. The van der Waals surface area contributed by atoms with Gasteiger partial charge in [-0.25, -0.2) is 4.79 Å². The largest absolute Gasteiger partial charge is 0.548 e. The second kappa shape index (κ2) is 6.78. The van der Waals surface area contributed by atoms with E-state index < -0.39 is 29.1 Å². The SMILES string of the molecule is CSCC[C@@H](N=Cc1c(O)[nH]c(=O)[nH]c1=O)C(=O)[O-]. The summed E-state index contributed by atoms with van der Waals surface area (Å²) in [5, 5.41) is 20.2. The molecule has 0 bridgehead atoms. The van der Waals surface area contributed by atoms with E-state index in [2.05, 4.69) is 4.99 Å². The van der Waals surface area contributed by atoms with Crippen molar-refractivity contribution in [3.63, 3.8) is 0 Å². The van der Waals surface area contributed by atoms with Crippen LogP contribution in [0.25, 0.3) is 0 Å². The molecular weight excluding hydrogens is 274 g/mol. The van der Waals surface area contributed by atoms with Crippen molar-refractivity contribution in [1.29, 1.82) is 0 Å². The van der Waals surface area contributed by atoms with Crippen molar-refractivity contribution >= 4 is 23.9 Å². The van der Waals surface area contributed by atoms with Gasteiger partial charge in [0.1, 0.15) is 5.56 Å². The van der Waals surface area contributed by atoms with Crippen LogP contribution in [0.15, 0.2) is 14.6 Å². The quantitative estimate of drug-likeness (QED) is 0.520. The van der Waals surface area contributed by atoms with Crippen molar-refractivity contribution < 1.29 is 15.0 Å². The molecule has 1 heterocycles. The molecule has 8 nitrogen and oxygen atoms in total. The number of aromatic amines is 2. The Hall–Kier alpha value is -2.03. The highest BCUT2D eigenvalue weighted by Gasteiger charge is 2.09. The third-order valence-electron chi connectivity index (χ3n) is 2.21. The molecule has 0 aliphatic heterocycles. The Kier molecular flexibility index (Phi) is 5.37. The van der Waals surface area contributed by atoms with E-state index in [1.807, 2.05) is 16.2 Å². The second-order valence-electron chi connectivity index (χ2n) is 3.57. The predicted octanol–water partition coefficient (Wildman–Crippen LogP) is -1.94. The van der Waals surface area contributed by atoms with E-state index in [-0.39, 0.29) is 12.0 Å². The number of hydrogen-bond donors (Lipinski definition) is 3. The Bertz CT molecular complexity index is 592. The van der Waals surface area contributed by atoms with E-state index in [0.29, 0.717) is 5.75 Å². The number of carboxylic acids is 1. The average Bonchev–Trinajstić information content (AvgIpc) is 2.31. The number of carbonyl (C=O) groups excluding carboxylic acids is 1. The lowest BCUT2D eigenvalue weighted by Crippen LogP contribution is -2.35. The minimum Gasteiger partial charge on any atom is -0.548 e. The van der Waals surface area contributed by atoms with Gasteiger partial charge in [0, 0.05) is 6.21 Å². The van der Waals surface area contributed by atoms with E-state index >= 15 is 0 Å². The number of aromatic hydroxyl groups is 1. The number of aromatic nitrogens is 2. The molecule has 19 heavy (non-hydrogen) atoms. The summed E-state index contributed by atoms with van der Waals surface area (Å²) in [7, 11) is 0. The number of carboxylic acid groups (broad SMARTS) is 1. The molecule has 0 amide bonds. The molecule has 1 atom stereocenters. The normalized spacial score (nSPS) is 12.7. The van der Waals surface area contributed by atoms with Crippen LogP contribution in [0.3, 0.4) is 0 Å². The molecule has 0 saturated heterocycles. The van der Waals surface area contributed by atoms with Gasteiger partial charge in [-0.15, -0.1) is 0 Å². The number of nitrogens with one attached hydrogen (secondary N) is 2. The molecule has 1 rings (SSSR count). The highest BCUT2D eigenvalue weighted by molar-refractivity contribution is 7.98. The smallest absolute Gasteiger partial charge is 0.328 e. The van der Waals surface area contributed by atoms with E-state index in [4.69, 9.17) is 0 Å². The van der Waals surface area contributed by atoms with Gasteiger partial charge >= 0.3 is 5.69 Å². The molecule has 0 aromatic carbocycles. The van der Waals surface area contributed by atoms with Crippen LogP contribution in [-0.2, 0) is 4.79 Å². The van der Waals surface area contributed by atoms with Crippen LogP contribution in [0.5, 0.6) is 5.88 Å². The molecule has 9 heteroatoms. The molecule has 3 N–H and O–H groups in total. The average molecular weight is 286 g/mol. The zero-order chi connectivity index (χ0) is 14.4. The number of aliphatic carboxylic acids is 1. The summed E-state index contributed by atoms with van der Waals surface area (Å²) in [5.74, 6) is -1.48. The number of aliphatic imine (C=N–C) groups is 1. The van der Waals surface area contributed by atoms with Crippen LogP contribution in [0.2, 0.25) is 0 Å². The Morgan fingerprint density at radius 3 is 2.74 bits per heavy atom. The maximum atomic E-state index is 11.4. The standard InChI is InChI=1S/C10H13N3O5S/c1-19-3-2-6(9(16)17)11-4-5-7(14)12-10(18)13-8(5)15/h4,6H,2-3H2,1H3,(H,16,17)(H3,12,13,14,15,18)/p-1/t6-/m1/s1. The minimum absolute atomic E-state index is 0.238. The van der Waals surface area contributed by atoms with E-state index in [9.17, 15) is 24.6 Å². The first kappa shape index (κ1) is 15.0. The third kappa shape index (κ3) is 4.28. The summed E-state index contributed by atoms with van der Waals surface area (Å²) in [6, 6.07) is -1.11. The summed E-state index contributed by atoms with van der Waals surface area (Å²) in [6.07, 6.45) is 2.96. The summed E-state index contributed by atoms with van der Waals surface area (Å²) < 4.78 is 0. The molecule has 0 fully saturated rings. The highest BCUT2D eigenvalue weighted by Crippen LogP contribution is 2.06. The van der Waals surface area contributed by atoms with Gasteiger partial charge in [0.2, 0.25) is 5.88 Å². The summed E-state index contributed by atoms with van der Waals surface area (Å²) >= 11 is 1.45. The zero-order valence-electron chi connectivity index (χ0n) is 10.0. The first-order valence-corrected chi connectivity index (χ1v) is 6.63. The molecule has 104 valence electrons. The van der Waals surface area contributed by atoms with Crippen LogP contribution in [0.1, 0.15) is 12.0 Å². The zero-order valence-corrected chi connectivity index (χ0v) is 10.8. The Morgan fingerprint density at radius 2 is 2.21 bits per heavy atom. The van der Waals surface area contributed by atoms with Gasteiger partial charge in [-0.1, -0.05) is 0 Å². The Labute approximate surface area is 111 Å². The van der Waals surface area contributed by atoms with Gasteiger partial charge in [0.15, 0.2) is 0 Å². The monoisotopic (exact) mass is 286 g/mol. The first-order valence-electron chi connectivity index (χ1n) is 5.24. The van der Waals surface area contributed by atoms with E-state index in [1.165, 1.54) is 11.8 Å². The van der Waals surface area contributed by atoms with E-state index in [1.54, 1.807) is 0 Å². The second-order valence-corrected chi connectivity index (χ2v) is 4.55. The predicted molar refractivity (Wildman–Crippen MR) is 68.7 cm³/mol. The molecule has 0 spiro atoms. The van der Waals surface area contributed by atoms with Gasteiger partial charge in [0.05, 0.1) is 12.0 Å². The van der Waals surface area contributed by atoms with Crippen molar-refractivity contribution in [2.45, 2.75) is 12.5 Å². The number of carbonyl (C=O) groups is 1. The first-order chi connectivity index (χ1) is 8.95. The molecule has 0 aliphatic rings. The van der Waals surface area contributed by atoms with Crippen LogP contribution in [0.4, 0.5) is 0 Å². The van der Waals surface area contributed by atoms with Crippen LogP contribution in [-0.4, -0.2) is 45.3 Å². The molecular formula is C10H12N3O5S-. The summed E-state index contributed by atoms with van der Waals surface area (Å²) in [5.41, 5.74) is -2.03. The minimum atomic E-state index is -1.37. The van der Waals surface area contributed by atoms with Crippen LogP contribution in [0, 0.1) is 0 Å². The lowest BCUT2D eigenvalue weighted by atomic mass is 10.2. The number of rotatable bonds is 6. The number of H-pyrrole nitrogens is 2. The molecule has 1 aromatic heterocycles. The van der Waals surface area contributed by atoms with Crippen LogP contribution >= 0.6 is 11.8 Å². The molecule has 1 aromatic rings. The lowest BCUT2D eigenvalue weighted by Gasteiger charge is -2.12. The molecule has 0 radical (unpaired) electrons. The van der Waals surface area contributed by atoms with Gasteiger partial charge in [-0.3, -0.25) is 19.8 Å². The van der Waals surface area contributed by atoms with Gasteiger partial charge in [-0.2, -0.15) is 11.8 Å². The summed E-state index contributed by atoms with van der Waals surface area (Å²) in [4.78, 5) is 40.5. The fourth-order valence-corrected chi connectivity index (χ4v) is 1.71. The van der Waals surface area contributed by atoms with Crippen molar-refractivity contribution in [3.8, 4) is 5.88 Å².